The van der Waals surface area contributed by atoms with Gasteiger partial charge in [0.15, 0.2) is 0 Å². The number of halogens is 1. The lowest BCUT2D eigenvalue weighted by molar-refractivity contribution is 0.102. The van der Waals surface area contributed by atoms with Crippen molar-refractivity contribution in [2.75, 3.05) is 5.32 Å². The maximum Gasteiger partial charge on any atom is 0.255 e. The third-order valence-corrected chi connectivity index (χ3v) is 4.96. The van der Waals surface area contributed by atoms with Crippen LogP contribution in [0.25, 0.3) is 0 Å². The molecule has 0 saturated heterocycles. The summed E-state index contributed by atoms with van der Waals surface area (Å²) >= 11 is 5.79. The Morgan fingerprint density at radius 2 is 1.67 bits per heavy atom. The fourth-order valence-corrected chi connectivity index (χ4v) is 3.60. The maximum atomic E-state index is 12.4. The molecule has 0 aliphatic carbocycles. The molecule has 24 heavy (non-hydrogen) atoms. The quantitative estimate of drug-likeness (QED) is 0.866. The normalized spacial score (nSPS) is 12.0. The topological polar surface area (TPSA) is 75.3 Å². The van der Waals surface area contributed by atoms with Crippen LogP contribution in [0.2, 0.25) is 5.02 Å². The van der Waals surface area contributed by atoms with E-state index in [2.05, 4.69) is 10.0 Å². The van der Waals surface area contributed by atoms with Crippen molar-refractivity contribution < 1.29 is 13.2 Å². The number of hydrogen-bond acceptors (Lipinski definition) is 3. The molecule has 0 unspecified atom stereocenters. The molecule has 0 aliphatic heterocycles. The molecule has 2 rings (SSSR count). The van der Waals surface area contributed by atoms with Crippen LogP contribution in [-0.2, 0) is 10.0 Å². The summed E-state index contributed by atoms with van der Waals surface area (Å²) in [5.41, 5.74) is 0.230. The second-order valence-electron chi connectivity index (χ2n) is 6.34. The van der Waals surface area contributed by atoms with Crippen molar-refractivity contribution in [2.24, 2.45) is 0 Å². The molecule has 0 saturated carbocycles. The third-order valence-electron chi connectivity index (χ3n) is 2.95. The highest BCUT2D eigenvalue weighted by Crippen LogP contribution is 2.18. The first-order valence-electron chi connectivity index (χ1n) is 7.28. The molecule has 0 aromatic heterocycles. The van der Waals surface area contributed by atoms with E-state index in [1.54, 1.807) is 57.2 Å². The van der Waals surface area contributed by atoms with Gasteiger partial charge in [0.1, 0.15) is 0 Å². The molecule has 0 heterocycles. The van der Waals surface area contributed by atoms with E-state index >= 15 is 0 Å². The molecule has 0 radical (unpaired) electrons. The molecule has 1 amide bonds. The number of anilines is 1. The SMILES string of the molecule is CC(C)(C)NS(=O)(=O)c1cccc(NC(=O)c2ccc(Cl)cc2)c1. The van der Waals surface area contributed by atoms with Gasteiger partial charge in [0.05, 0.1) is 4.90 Å². The molecule has 2 aromatic rings. The van der Waals surface area contributed by atoms with Crippen LogP contribution in [-0.4, -0.2) is 19.9 Å². The Bertz CT molecular complexity index is 841. The maximum absolute atomic E-state index is 12.4. The van der Waals surface area contributed by atoms with E-state index in [0.29, 0.717) is 16.3 Å². The summed E-state index contributed by atoms with van der Waals surface area (Å²) in [7, 11) is -3.67. The summed E-state index contributed by atoms with van der Waals surface area (Å²) in [5, 5.41) is 3.21. The second-order valence-corrected chi connectivity index (χ2v) is 8.46. The summed E-state index contributed by atoms with van der Waals surface area (Å²) in [6, 6.07) is 12.5. The lowest BCUT2D eigenvalue weighted by Crippen LogP contribution is -2.40. The van der Waals surface area contributed by atoms with Gasteiger partial charge in [0.2, 0.25) is 10.0 Å². The van der Waals surface area contributed by atoms with Crippen molar-refractivity contribution in [3.05, 3.63) is 59.1 Å². The number of sulfonamides is 1. The summed E-state index contributed by atoms with van der Waals surface area (Å²) in [6.07, 6.45) is 0. The predicted octanol–water partition coefficient (Wildman–Crippen LogP) is 3.67. The highest BCUT2D eigenvalue weighted by atomic mass is 35.5. The van der Waals surface area contributed by atoms with Crippen LogP contribution >= 0.6 is 11.6 Å². The zero-order chi connectivity index (χ0) is 18.0. The molecule has 0 fully saturated rings. The van der Waals surface area contributed by atoms with Crippen LogP contribution in [0.1, 0.15) is 31.1 Å². The van der Waals surface area contributed by atoms with Crippen LogP contribution in [0.3, 0.4) is 0 Å². The molecule has 0 bridgehead atoms. The van der Waals surface area contributed by atoms with E-state index in [4.69, 9.17) is 11.6 Å². The number of carbonyl (C=O) groups is 1. The van der Waals surface area contributed by atoms with Crippen LogP contribution in [0.15, 0.2) is 53.4 Å². The van der Waals surface area contributed by atoms with Crippen LogP contribution < -0.4 is 10.0 Å². The molecule has 5 nitrogen and oxygen atoms in total. The Balaban J connectivity index is 2.21. The average Bonchev–Trinajstić information content (AvgIpc) is 2.45. The van der Waals surface area contributed by atoms with Crippen LogP contribution in [0.5, 0.6) is 0 Å². The van der Waals surface area contributed by atoms with E-state index in [9.17, 15) is 13.2 Å². The Hall–Kier alpha value is -1.89. The zero-order valence-corrected chi connectivity index (χ0v) is 15.2. The molecular weight excluding hydrogens is 348 g/mol. The number of hydrogen-bond donors (Lipinski definition) is 2. The van der Waals surface area contributed by atoms with E-state index in [0.717, 1.165) is 0 Å². The van der Waals surface area contributed by atoms with E-state index in [1.807, 2.05) is 0 Å². The fourth-order valence-electron chi connectivity index (χ4n) is 2.01. The number of nitrogens with one attached hydrogen (secondary N) is 2. The van der Waals surface area contributed by atoms with Gasteiger partial charge in [-0.15, -0.1) is 0 Å². The summed E-state index contributed by atoms with van der Waals surface area (Å²) in [4.78, 5) is 12.3. The van der Waals surface area contributed by atoms with E-state index in [1.165, 1.54) is 12.1 Å². The predicted molar refractivity (Wildman–Crippen MR) is 95.9 cm³/mol. The largest absolute Gasteiger partial charge is 0.322 e. The molecule has 2 aromatic carbocycles. The first kappa shape index (κ1) is 18.4. The molecule has 0 spiro atoms. The first-order chi connectivity index (χ1) is 11.1. The van der Waals surface area contributed by atoms with Crippen LogP contribution in [0.4, 0.5) is 5.69 Å². The van der Waals surface area contributed by atoms with Gasteiger partial charge in [-0.2, -0.15) is 0 Å². The molecule has 7 heteroatoms. The van der Waals surface area contributed by atoms with Gasteiger partial charge in [-0.1, -0.05) is 17.7 Å². The highest BCUT2D eigenvalue weighted by molar-refractivity contribution is 7.89. The minimum absolute atomic E-state index is 0.0892. The standard InChI is InChI=1S/C17H19ClN2O3S/c1-17(2,3)20-24(22,23)15-6-4-5-14(11-15)19-16(21)12-7-9-13(18)10-8-12/h4-11,20H,1-3H3,(H,19,21). The Morgan fingerprint density at radius 3 is 2.25 bits per heavy atom. The molecule has 2 N–H and O–H groups in total. The number of carbonyl (C=O) groups excluding carboxylic acids is 1. The Labute approximate surface area is 147 Å². The van der Waals surface area contributed by atoms with Crippen molar-refractivity contribution in [3.63, 3.8) is 0 Å². The molecule has 128 valence electrons. The van der Waals surface area contributed by atoms with Gasteiger partial charge < -0.3 is 5.32 Å². The van der Waals surface area contributed by atoms with Crippen LogP contribution in [0, 0.1) is 0 Å². The molecule has 0 atom stereocenters. The minimum atomic E-state index is -3.67. The zero-order valence-electron chi connectivity index (χ0n) is 13.6. The second kappa shape index (κ2) is 6.93. The number of amides is 1. The highest BCUT2D eigenvalue weighted by Gasteiger charge is 2.22. The van der Waals surface area contributed by atoms with Crippen molar-refractivity contribution in [1.82, 2.24) is 4.72 Å². The van der Waals surface area contributed by atoms with Gasteiger partial charge >= 0.3 is 0 Å². The van der Waals surface area contributed by atoms with Gasteiger partial charge in [-0.05, 0) is 63.2 Å². The van der Waals surface area contributed by atoms with Gasteiger partial charge in [-0.3, -0.25) is 4.79 Å². The molecule has 0 aliphatic rings. The molecular formula is C17H19ClN2O3S. The van der Waals surface area contributed by atoms with Gasteiger partial charge in [0.25, 0.3) is 5.91 Å². The van der Waals surface area contributed by atoms with Gasteiger partial charge in [0, 0.05) is 21.8 Å². The first-order valence-corrected chi connectivity index (χ1v) is 9.14. The number of rotatable bonds is 4. The van der Waals surface area contributed by atoms with Crippen molar-refractivity contribution in [1.29, 1.82) is 0 Å². The minimum Gasteiger partial charge on any atom is -0.322 e. The Morgan fingerprint density at radius 1 is 1.04 bits per heavy atom. The summed E-state index contributed by atoms with van der Waals surface area (Å²) in [6.45, 7) is 5.28. The smallest absolute Gasteiger partial charge is 0.255 e. The van der Waals surface area contributed by atoms with E-state index < -0.39 is 15.6 Å². The Kier molecular flexibility index (Phi) is 5.32. The fraction of sp³-hybridized carbons (Fsp3) is 0.235. The monoisotopic (exact) mass is 366 g/mol. The number of benzene rings is 2. The van der Waals surface area contributed by atoms with Gasteiger partial charge in [-0.25, -0.2) is 13.1 Å². The summed E-state index contributed by atoms with van der Waals surface area (Å²) < 4.78 is 27.3. The van der Waals surface area contributed by atoms with Crippen molar-refractivity contribution in [2.45, 2.75) is 31.2 Å². The van der Waals surface area contributed by atoms with E-state index in [-0.39, 0.29) is 10.8 Å². The average molecular weight is 367 g/mol. The third kappa shape index (κ3) is 5.06. The lowest BCUT2D eigenvalue weighted by atomic mass is 10.1. The summed E-state index contributed by atoms with van der Waals surface area (Å²) in [5.74, 6) is -0.343. The van der Waals surface area contributed by atoms with Crippen molar-refractivity contribution >= 4 is 33.2 Å². The lowest BCUT2D eigenvalue weighted by Gasteiger charge is -2.20. The van der Waals surface area contributed by atoms with Crippen molar-refractivity contribution in [3.8, 4) is 0 Å².